The lowest BCUT2D eigenvalue weighted by molar-refractivity contribution is 0.181. The third-order valence-electron chi connectivity index (χ3n) is 3.29. The molecule has 1 aromatic heterocycles. The summed E-state index contributed by atoms with van der Waals surface area (Å²) < 4.78 is 6.45. The number of ether oxygens (including phenoxy) is 1. The van der Waals surface area contributed by atoms with Crippen molar-refractivity contribution in [1.82, 2.24) is 10.3 Å². The van der Waals surface area contributed by atoms with Crippen molar-refractivity contribution < 1.29 is 4.74 Å². The SMILES string of the molecule is CNC(Cc1ccc(Br)cn1)CC1CCOC1. The lowest BCUT2D eigenvalue weighted by atomic mass is 9.96. The van der Waals surface area contributed by atoms with E-state index in [4.69, 9.17) is 4.74 Å². The summed E-state index contributed by atoms with van der Waals surface area (Å²) in [6.45, 7) is 1.85. The van der Waals surface area contributed by atoms with Gasteiger partial charge in [0.05, 0.1) is 0 Å². The fraction of sp³-hybridized carbons (Fsp3) is 0.615. The summed E-state index contributed by atoms with van der Waals surface area (Å²) in [6.07, 6.45) is 5.22. The summed E-state index contributed by atoms with van der Waals surface area (Å²) >= 11 is 3.41. The van der Waals surface area contributed by atoms with Crippen LogP contribution >= 0.6 is 15.9 Å². The lowest BCUT2D eigenvalue weighted by Gasteiger charge is -2.18. The molecule has 2 rings (SSSR count). The van der Waals surface area contributed by atoms with Crippen molar-refractivity contribution in [3.8, 4) is 0 Å². The van der Waals surface area contributed by atoms with Crippen molar-refractivity contribution in [3.05, 3.63) is 28.5 Å². The van der Waals surface area contributed by atoms with Gasteiger partial charge in [0.1, 0.15) is 0 Å². The Morgan fingerprint density at radius 2 is 2.47 bits per heavy atom. The maximum Gasteiger partial charge on any atom is 0.0495 e. The average molecular weight is 299 g/mol. The van der Waals surface area contributed by atoms with E-state index in [0.717, 1.165) is 29.8 Å². The molecule has 4 heteroatoms. The van der Waals surface area contributed by atoms with E-state index in [0.29, 0.717) is 12.0 Å². The van der Waals surface area contributed by atoms with Crippen LogP contribution < -0.4 is 5.32 Å². The van der Waals surface area contributed by atoms with Crippen LogP contribution in [0.3, 0.4) is 0 Å². The van der Waals surface area contributed by atoms with Crippen molar-refractivity contribution in [2.75, 3.05) is 20.3 Å². The quantitative estimate of drug-likeness (QED) is 0.906. The van der Waals surface area contributed by atoms with E-state index in [2.05, 4.69) is 32.3 Å². The standard InChI is InChI=1S/C13H19BrN2O/c1-15-13(6-10-4-5-17-9-10)7-12-3-2-11(14)8-16-12/h2-3,8,10,13,15H,4-7,9H2,1H3. The summed E-state index contributed by atoms with van der Waals surface area (Å²) in [7, 11) is 2.03. The van der Waals surface area contributed by atoms with E-state index < -0.39 is 0 Å². The topological polar surface area (TPSA) is 34.2 Å². The van der Waals surface area contributed by atoms with Gasteiger partial charge in [-0.3, -0.25) is 4.98 Å². The third-order valence-corrected chi connectivity index (χ3v) is 3.76. The van der Waals surface area contributed by atoms with Crippen LogP contribution in [0.4, 0.5) is 0 Å². The highest BCUT2D eigenvalue weighted by Gasteiger charge is 2.20. The summed E-state index contributed by atoms with van der Waals surface area (Å²) in [5.74, 6) is 0.711. The Hall–Kier alpha value is -0.450. The normalized spacial score (nSPS) is 21.6. The predicted octanol–water partition coefficient (Wildman–Crippen LogP) is 2.40. The van der Waals surface area contributed by atoms with Crippen molar-refractivity contribution in [3.63, 3.8) is 0 Å². The van der Waals surface area contributed by atoms with Crippen LogP contribution in [0, 0.1) is 5.92 Å². The van der Waals surface area contributed by atoms with Crippen LogP contribution in [0.15, 0.2) is 22.8 Å². The van der Waals surface area contributed by atoms with Crippen molar-refractivity contribution in [2.45, 2.75) is 25.3 Å². The van der Waals surface area contributed by atoms with Crippen LogP contribution in [0.1, 0.15) is 18.5 Å². The summed E-state index contributed by atoms with van der Waals surface area (Å²) in [5, 5.41) is 3.38. The molecule has 17 heavy (non-hydrogen) atoms. The molecule has 1 N–H and O–H groups in total. The molecule has 1 aromatic rings. The second kappa shape index (κ2) is 6.47. The average Bonchev–Trinajstić information content (AvgIpc) is 2.84. The highest BCUT2D eigenvalue weighted by molar-refractivity contribution is 9.10. The zero-order valence-electron chi connectivity index (χ0n) is 10.2. The molecular weight excluding hydrogens is 280 g/mol. The molecule has 1 aliphatic rings. The molecule has 0 amide bonds. The number of halogens is 1. The minimum Gasteiger partial charge on any atom is -0.381 e. The largest absolute Gasteiger partial charge is 0.381 e. The number of nitrogens with zero attached hydrogens (tertiary/aromatic N) is 1. The van der Waals surface area contributed by atoms with Crippen LogP contribution in [0.5, 0.6) is 0 Å². The fourth-order valence-electron chi connectivity index (χ4n) is 2.25. The van der Waals surface area contributed by atoms with Gasteiger partial charge in [-0.2, -0.15) is 0 Å². The first-order valence-corrected chi connectivity index (χ1v) is 6.92. The Labute approximate surface area is 111 Å². The minimum absolute atomic E-state index is 0.496. The molecule has 2 atom stereocenters. The lowest BCUT2D eigenvalue weighted by Crippen LogP contribution is -2.30. The van der Waals surface area contributed by atoms with Gasteiger partial charge < -0.3 is 10.1 Å². The molecule has 0 radical (unpaired) electrons. The summed E-state index contributed by atoms with van der Waals surface area (Å²) in [5.41, 5.74) is 1.14. The van der Waals surface area contributed by atoms with E-state index in [9.17, 15) is 0 Å². The van der Waals surface area contributed by atoms with E-state index in [-0.39, 0.29) is 0 Å². The molecule has 2 unspecified atom stereocenters. The molecular formula is C13H19BrN2O. The maximum absolute atomic E-state index is 5.42. The smallest absolute Gasteiger partial charge is 0.0495 e. The molecule has 0 bridgehead atoms. The van der Waals surface area contributed by atoms with Crippen molar-refractivity contribution in [2.24, 2.45) is 5.92 Å². The Kier molecular flexibility index (Phi) is 4.95. The molecule has 0 spiro atoms. The Morgan fingerprint density at radius 1 is 1.59 bits per heavy atom. The molecule has 0 aromatic carbocycles. The molecule has 1 saturated heterocycles. The molecule has 0 aliphatic carbocycles. The fourth-order valence-corrected chi connectivity index (χ4v) is 2.49. The van der Waals surface area contributed by atoms with Gasteiger partial charge in [-0.15, -0.1) is 0 Å². The number of likely N-dealkylation sites (N-methyl/N-ethyl adjacent to an activating group) is 1. The van der Waals surface area contributed by atoms with Gasteiger partial charge in [-0.1, -0.05) is 0 Å². The number of hydrogen-bond acceptors (Lipinski definition) is 3. The number of rotatable bonds is 5. The van der Waals surface area contributed by atoms with Crippen LogP contribution in [-0.4, -0.2) is 31.3 Å². The first-order chi connectivity index (χ1) is 8.28. The van der Waals surface area contributed by atoms with E-state index >= 15 is 0 Å². The minimum atomic E-state index is 0.496. The second-order valence-corrected chi connectivity index (χ2v) is 5.54. The van der Waals surface area contributed by atoms with E-state index in [1.165, 1.54) is 12.8 Å². The number of pyridine rings is 1. The number of aromatic nitrogens is 1. The van der Waals surface area contributed by atoms with Gasteiger partial charge in [-0.05, 0) is 53.9 Å². The molecule has 3 nitrogen and oxygen atoms in total. The zero-order valence-corrected chi connectivity index (χ0v) is 11.7. The molecule has 2 heterocycles. The van der Waals surface area contributed by atoms with Crippen LogP contribution in [-0.2, 0) is 11.2 Å². The van der Waals surface area contributed by atoms with Gasteiger partial charge in [-0.25, -0.2) is 0 Å². The van der Waals surface area contributed by atoms with Gasteiger partial charge in [0.2, 0.25) is 0 Å². The predicted molar refractivity (Wildman–Crippen MR) is 72.0 cm³/mol. The van der Waals surface area contributed by atoms with Crippen molar-refractivity contribution in [1.29, 1.82) is 0 Å². The van der Waals surface area contributed by atoms with E-state index in [1.807, 2.05) is 19.3 Å². The van der Waals surface area contributed by atoms with E-state index in [1.54, 1.807) is 0 Å². The molecule has 1 aliphatic heterocycles. The van der Waals surface area contributed by atoms with Crippen molar-refractivity contribution >= 4 is 15.9 Å². The number of nitrogens with one attached hydrogen (secondary N) is 1. The summed E-state index contributed by atoms with van der Waals surface area (Å²) in [6, 6.07) is 4.63. The summed E-state index contributed by atoms with van der Waals surface area (Å²) in [4.78, 5) is 4.42. The number of hydrogen-bond donors (Lipinski definition) is 1. The Bertz CT molecular complexity index is 336. The van der Waals surface area contributed by atoms with Gasteiger partial charge in [0.25, 0.3) is 0 Å². The second-order valence-electron chi connectivity index (χ2n) is 4.62. The Morgan fingerprint density at radius 3 is 3.06 bits per heavy atom. The first kappa shape index (κ1) is 13.0. The zero-order chi connectivity index (χ0) is 12.1. The highest BCUT2D eigenvalue weighted by Crippen LogP contribution is 2.19. The monoisotopic (exact) mass is 298 g/mol. The maximum atomic E-state index is 5.42. The third kappa shape index (κ3) is 4.05. The molecule has 1 fully saturated rings. The van der Waals surface area contributed by atoms with Gasteiger partial charge in [0.15, 0.2) is 0 Å². The first-order valence-electron chi connectivity index (χ1n) is 6.13. The van der Waals surface area contributed by atoms with Gasteiger partial charge >= 0.3 is 0 Å². The molecule has 0 saturated carbocycles. The Balaban J connectivity index is 1.87. The van der Waals surface area contributed by atoms with Gasteiger partial charge in [0, 0.05) is 42.0 Å². The van der Waals surface area contributed by atoms with Crippen LogP contribution in [0.2, 0.25) is 0 Å². The molecule has 94 valence electrons. The van der Waals surface area contributed by atoms with Crippen LogP contribution in [0.25, 0.3) is 0 Å². The highest BCUT2D eigenvalue weighted by atomic mass is 79.9.